The van der Waals surface area contributed by atoms with E-state index in [-0.39, 0.29) is 39.2 Å². The summed E-state index contributed by atoms with van der Waals surface area (Å²) in [6.45, 7) is 5.44. The van der Waals surface area contributed by atoms with Gasteiger partial charge in [-0.3, -0.25) is 14.4 Å². The first-order chi connectivity index (χ1) is 16.2. The number of carbonyl (C=O) groups excluding carboxylic acids is 5. The maximum atomic E-state index is 12.1. The van der Waals surface area contributed by atoms with E-state index < -0.39 is 30.0 Å². The molecular weight excluding hydrogens is 452 g/mol. The third-order valence-corrected chi connectivity index (χ3v) is 4.44. The van der Waals surface area contributed by atoms with E-state index in [0.717, 1.165) is 6.42 Å². The normalized spacial score (nSPS) is 13.0. The minimum atomic E-state index is -1.18. The molecular formula is C22H28N2O10. The zero-order chi connectivity index (χ0) is 25.1. The lowest BCUT2D eigenvalue weighted by Gasteiger charge is -2.14. The molecule has 1 aliphatic rings. The largest absolute Gasteiger partial charge is 0.534 e. The van der Waals surface area contributed by atoms with Crippen molar-refractivity contribution in [3.05, 3.63) is 28.8 Å². The fraction of sp³-hybridized carbons (Fsp3) is 0.500. The standard InChI is InChI=1S/C22H28N2O10/c1-4-8-31-21(28)23-7-9-30-13-19(27)33-20-14(2)10-16(11-15(20)3)12-32-22(29)34-24-17(25)5-6-18(24)26/h10-11H,4-9,12-13H2,1-3H3,(H,23,28). The van der Waals surface area contributed by atoms with Gasteiger partial charge < -0.3 is 24.3 Å². The van der Waals surface area contributed by atoms with E-state index in [1.807, 2.05) is 6.92 Å². The minimum absolute atomic E-state index is 0.0136. The highest BCUT2D eigenvalue weighted by atomic mass is 16.8. The molecule has 2 rings (SSSR count). The first kappa shape index (κ1) is 26.6. The summed E-state index contributed by atoms with van der Waals surface area (Å²) in [5.41, 5.74) is 1.82. The zero-order valence-electron chi connectivity index (χ0n) is 19.3. The van der Waals surface area contributed by atoms with Crippen molar-refractivity contribution in [1.82, 2.24) is 10.4 Å². The van der Waals surface area contributed by atoms with Gasteiger partial charge in [-0.2, -0.15) is 0 Å². The Morgan fingerprint density at radius 2 is 1.65 bits per heavy atom. The molecule has 1 heterocycles. The van der Waals surface area contributed by atoms with Crippen molar-refractivity contribution in [1.29, 1.82) is 0 Å². The fourth-order valence-corrected chi connectivity index (χ4v) is 2.96. The number of nitrogens with zero attached hydrogens (tertiary/aromatic N) is 1. The molecule has 0 radical (unpaired) electrons. The topological polar surface area (TPSA) is 147 Å². The van der Waals surface area contributed by atoms with Gasteiger partial charge in [-0.05, 0) is 49.1 Å². The Hall–Kier alpha value is -3.67. The number of imide groups is 1. The Kier molecular flexibility index (Phi) is 10.3. The summed E-state index contributed by atoms with van der Waals surface area (Å²) in [6, 6.07) is 3.31. The molecule has 0 spiro atoms. The van der Waals surface area contributed by atoms with E-state index in [0.29, 0.717) is 34.1 Å². The van der Waals surface area contributed by atoms with Crippen molar-refractivity contribution in [3.8, 4) is 5.75 Å². The van der Waals surface area contributed by atoms with Crippen LogP contribution in [0.25, 0.3) is 0 Å². The lowest BCUT2D eigenvalue weighted by Crippen LogP contribution is -2.32. The van der Waals surface area contributed by atoms with Gasteiger partial charge in [0.2, 0.25) is 0 Å². The number of amides is 3. The van der Waals surface area contributed by atoms with E-state index in [4.69, 9.17) is 18.9 Å². The number of nitrogens with one attached hydrogen (secondary N) is 1. The molecule has 1 aliphatic heterocycles. The van der Waals surface area contributed by atoms with Gasteiger partial charge >= 0.3 is 18.2 Å². The van der Waals surface area contributed by atoms with Crippen molar-refractivity contribution in [3.63, 3.8) is 0 Å². The number of hydrogen-bond donors (Lipinski definition) is 1. The summed E-state index contributed by atoms with van der Waals surface area (Å²) < 4.78 is 20.4. The van der Waals surface area contributed by atoms with Crippen LogP contribution in [0.5, 0.6) is 5.75 Å². The molecule has 0 saturated carbocycles. The minimum Gasteiger partial charge on any atom is -0.450 e. The van der Waals surface area contributed by atoms with Crippen LogP contribution in [0.4, 0.5) is 9.59 Å². The number of carbonyl (C=O) groups is 5. The van der Waals surface area contributed by atoms with Crippen LogP contribution in [-0.2, 0) is 40.0 Å². The van der Waals surface area contributed by atoms with E-state index >= 15 is 0 Å². The molecule has 1 aromatic rings. The van der Waals surface area contributed by atoms with E-state index in [9.17, 15) is 24.0 Å². The molecule has 3 amide bonds. The monoisotopic (exact) mass is 480 g/mol. The summed E-state index contributed by atoms with van der Waals surface area (Å²) in [5.74, 6) is -1.48. The second-order valence-corrected chi connectivity index (χ2v) is 7.36. The second kappa shape index (κ2) is 13.1. The first-order valence-electron chi connectivity index (χ1n) is 10.7. The van der Waals surface area contributed by atoms with E-state index in [2.05, 4.69) is 10.2 Å². The number of ether oxygens (including phenoxy) is 4. The van der Waals surface area contributed by atoms with Gasteiger partial charge in [0.25, 0.3) is 11.8 Å². The Labute approximate surface area is 196 Å². The lowest BCUT2D eigenvalue weighted by molar-refractivity contribution is -0.177. The van der Waals surface area contributed by atoms with Gasteiger partial charge in [-0.15, -0.1) is 0 Å². The Morgan fingerprint density at radius 3 is 2.26 bits per heavy atom. The smallest absolute Gasteiger partial charge is 0.450 e. The summed E-state index contributed by atoms with van der Waals surface area (Å²) in [6.07, 6.45) is -1.03. The molecule has 0 unspecified atom stereocenters. The number of alkyl carbamates (subject to hydrolysis) is 1. The van der Waals surface area contributed by atoms with Crippen LogP contribution < -0.4 is 10.1 Å². The van der Waals surface area contributed by atoms with Crippen molar-refractivity contribution in [2.75, 3.05) is 26.4 Å². The molecule has 186 valence electrons. The van der Waals surface area contributed by atoms with Crippen LogP contribution in [0.3, 0.4) is 0 Å². The lowest BCUT2D eigenvalue weighted by atomic mass is 10.1. The van der Waals surface area contributed by atoms with Gasteiger partial charge in [0.15, 0.2) is 0 Å². The summed E-state index contributed by atoms with van der Waals surface area (Å²) in [5, 5.41) is 2.89. The highest BCUT2D eigenvalue weighted by Crippen LogP contribution is 2.25. The quantitative estimate of drug-likeness (QED) is 0.216. The molecule has 12 heteroatoms. The van der Waals surface area contributed by atoms with Crippen molar-refractivity contribution in [2.24, 2.45) is 0 Å². The predicted octanol–water partition coefficient (Wildman–Crippen LogP) is 2.08. The van der Waals surface area contributed by atoms with Crippen LogP contribution in [0, 0.1) is 13.8 Å². The second-order valence-electron chi connectivity index (χ2n) is 7.36. The van der Waals surface area contributed by atoms with Crippen molar-refractivity contribution < 1.29 is 47.8 Å². The van der Waals surface area contributed by atoms with Crippen LogP contribution in [-0.4, -0.2) is 61.5 Å². The molecule has 0 bridgehead atoms. The molecule has 12 nitrogen and oxygen atoms in total. The van der Waals surface area contributed by atoms with E-state index in [1.165, 1.54) is 0 Å². The number of benzene rings is 1. The maximum Gasteiger partial charge on any atom is 0.534 e. The Bertz CT molecular complexity index is 891. The summed E-state index contributed by atoms with van der Waals surface area (Å²) >= 11 is 0. The van der Waals surface area contributed by atoms with Crippen molar-refractivity contribution in [2.45, 2.75) is 46.6 Å². The van der Waals surface area contributed by atoms with Crippen LogP contribution >= 0.6 is 0 Å². The fourth-order valence-electron chi connectivity index (χ4n) is 2.96. The number of hydrogen-bond acceptors (Lipinski definition) is 10. The average Bonchev–Trinajstić information content (AvgIpc) is 3.10. The Morgan fingerprint density at radius 1 is 1.00 bits per heavy atom. The van der Waals surface area contributed by atoms with Crippen LogP contribution in [0.15, 0.2) is 12.1 Å². The number of aryl methyl sites for hydroxylation is 2. The third-order valence-electron chi connectivity index (χ3n) is 4.44. The molecule has 1 saturated heterocycles. The zero-order valence-corrected chi connectivity index (χ0v) is 19.3. The van der Waals surface area contributed by atoms with Gasteiger partial charge in [0.05, 0.1) is 13.2 Å². The molecule has 0 atom stereocenters. The highest BCUT2D eigenvalue weighted by molar-refractivity contribution is 6.01. The third kappa shape index (κ3) is 8.35. The van der Waals surface area contributed by atoms with Crippen LogP contribution in [0.2, 0.25) is 0 Å². The predicted molar refractivity (Wildman–Crippen MR) is 114 cm³/mol. The molecule has 0 aromatic heterocycles. The molecule has 1 fully saturated rings. The number of hydroxylamine groups is 2. The Balaban J connectivity index is 1.76. The van der Waals surface area contributed by atoms with Gasteiger partial charge in [0, 0.05) is 19.4 Å². The molecule has 1 aromatic carbocycles. The van der Waals surface area contributed by atoms with Gasteiger partial charge in [-0.1, -0.05) is 12.0 Å². The van der Waals surface area contributed by atoms with Gasteiger partial charge in [0.1, 0.15) is 19.0 Å². The molecule has 1 N–H and O–H groups in total. The average molecular weight is 480 g/mol. The van der Waals surface area contributed by atoms with E-state index in [1.54, 1.807) is 26.0 Å². The van der Waals surface area contributed by atoms with Crippen molar-refractivity contribution >= 4 is 30.0 Å². The summed E-state index contributed by atoms with van der Waals surface area (Å²) in [4.78, 5) is 62.7. The van der Waals surface area contributed by atoms with Crippen LogP contribution in [0.1, 0.15) is 42.9 Å². The molecule has 34 heavy (non-hydrogen) atoms. The molecule has 0 aliphatic carbocycles. The maximum absolute atomic E-state index is 12.1. The highest BCUT2D eigenvalue weighted by Gasteiger charge is 2.33. The number of rotatable bonds is 11. The van der Waals surface area contributed by atoms with Gasteiger partial charge in [-0.25, -0.2) is 14.4 Å². The SMILES string of the molecule is CCCOC(=O)NCCOCC(=O)Oc1c(C)cc(COC(=O)ON2C(=O)CCC2=O)cc1C. The first-order valence-corrected chi connectivity index (χ1v) is 10.7. The summed E-state index contributed by atoms with van der Waals surface area (Å²) in [7, 11) is 0. The number of esters is 1.